The number of aliphatic carboxylic acids is 1. The topological polar surface area (TPSA) is 57.6 Å². The van der Waals surface area contributed by atoms with Gasteiger partial charge in [0.25, 0.3) is 0 Å². The number of hydrogen-bond acceptors (Lipinski definition) is 2. The van der Waals surface area contributed by atoms with E-state index in [0.717, 1.165) is 25.7 Å². The molecule has 1 aliphatic heterocycles. The molecule has 2 unspecified atom stereocenters. The van der Waals surface area contributed by atoms with Crippen LogP contribution in [0.1, 0.15) is 45.4 Å². The fourth-order valence-electron chi connectivity index (χ4n) is 2.16. The van der Waals surface area contributed by atoms with Gasteiger partial charge < -0.3 is 10.0 Å². The zero-order valence-electron chi connectivity index (χ0n) is 10.2. The van der Waals surface area contributed by atoms with E-state index >= 15 is 0 Å². The second-order valence-corrected chi connectivity index (χ2v) is 5.85. The Bertz CT molecular complexity index is 283. The molecule has 1 rings (SSSR count). The van der Waals surface area contributed by atoms with E-state index in [9.17, 15) is 14.7 Å². The number of amides is 1. The average Bonchev–Trinajstić information content (AvgIpc) is 2.57. The molecule has 0 radical (unpaired) electrons. The summed E-state index contributed by atoms with van der Waals surface area (Å²) in [6.07, 6.45) is 5.16. The summed E-state index contributed by atoms with van der Waals surface area (Å²) < 4.78 is 0. The fraction of sp³-hybridized carbons (Fsp3) is 0.833. The number of carboxylic acid groups (broad SMARTS) is 1. The molecule has 1 amide bonds. The highest BCUT2D eigenvalue weighted by Gasteiger charge is 2.36. The van der Waals surface area contributed by atoms with Gasteiger partial charge >= 0.3 is 5.97 Å². The number of carbonyl (C=O) groups excluding carboxylic acids is 1. The molecule has 4 nitrogen and oxygen atoms in total. The van der Waals surface area contributed by atoms with E-state index in [1.165, 1.54) is 4.90 Å². The van der Waals surface area contributed by atoms with Gasteiger partial charge in [-0.05, 0) is 6.42 Å². The lowest BCUT2D eigenvalue weighted by atomic mass is 10.1. The first kappa shape index (κ1) is 14.5. The summed E-state index contributed by atoms with van der Waals surface area (Å²) >= 11 is 3.37. The third kappa shape index (κ3) is 4.30. The molecular weight excluding hydrogens is 286 g/mol. The second-order valence-electron chi connectivity index (χ2n) is 4.55. The number of carbonyl (C=O) groups is 2. The monoisotopic (exact) mass is 305 g/mol. The summed E-state index contributed by atoms with van der Waals surface area (Å²) in [5, 5.41) is 9.19. The van der Waals surface area contributed by atoms with Crippen molar-refractivity contribution in [3.05, 3.63) is 0 Å². The highest BCUT2D eigenvalue weighted by molar-refractivity contribution is 9.09. The van der Waals surface area contributed by atoms with E-state index in [1.807, 2.05) is 0 Å². The summed E-state index contributed by atoms with van der Waals surface area (Å²) in [5.74, 6) is -0.925. The first-order chi connectivity index (χ1) is 8.06. The maximum Gasteiger partial charge on any atom is 0.326 e. The van der Waals surface area contributed by atoms with Gasteiger partial charge in [-0.3, -0.25) is 4.79 Å². The normalized spacial score (nSPS) is 21.9. The molecule has 0 aromatic rings. The maximum absolute atomic E-state index is 11.7. The number of hydrogen-bond donors (Lipinski definition) is 1. The maximum atomic E-state index is 11.7. The Hall–Kier alpha value is -0.580. The summed E-state index contributed by atoms with van der Waals surface area (Å²) in [4.78, 5) is 24.5. The fourth-order valence-corrected chi connectivity index (χ4v) is 2.75. The number of carboxylic acids is 1. The van der Waals surface area contributed by atoms with Crippen molar-refractivity contribution in [2.75, 3.05) is 6.54 Å². The Balaban J connectivity index is 2.48. The van der Waals surface area contributed by atoms with Crippen LogP contribution in [0, 0.1) is 0 Å². The van der Waals surface area contributed by atoms with Crippen LogP contribution in [0.5, 0.6) is 0 Å². The van der Waals surface area contributed by atoms with Gasteiger partial charge in [0.05, 0.1) is 0 Å². The van der Waals surface area contributed by atoms with E-state index < -0.39 is 12.0 Å². The van der Waals surface area contributed by atoms with E-state index in [1.54, 1.807) is 0 Å². The van der Waals surface area contributed by atoms with Gasteiger partial charge in [0.15, 0.2) is 0 Å². The van der Waals surface area contributed by atoms with Crippen molar-refractivity contribution in [3.63, 3.8) is 0 Å². The number of rotatable bonds is 7. The summed E-state index contributed by atoms with van der Waals surface area (Å²) in [5.41, 5.74) is 0. The van der Waals surface area contributed by atoms with Crippen LogP contribution in [-0.2, 0) is 9.59 Å². The average molecular weight is 306 g/mol. The third-order valence-electron chi connectivity index (χ3n) is 3.10. The Morgan fingerprint density at radius 1 is 1.53 bits per heavy atom. The summed E-state index contributed by atoms with van der Waals surface area (Å²) in [6, 6.07) is -0.637. The molecule has 0 aromatic carbocycles. The molecule has 1 fully saturated rings. The lowest BCUT2D eigenvalue weighted by Gasteiger charge is -2.24. The molecule has 0 aromatic heterocycles. The van der Waals surface area contributed by atoms with E-state index in [2.05, 4.69) is 22.9 Å². The van der Waals surface area contributed by atoms with Crippen LogP contribution in [0.4, 0.5) is 0 Å². The van der Waals surface area contributed by atoms with Gasteiger partial charge in [0, 0.05) is 17.8 Å². The minimum absolute atomic E-state index is 0.0465. The Morgan fingerprint density at radius 3 is 2.71 bits per heavy atom. The van der Waals surface area contributed by atoms with Crippen LogP contribution in [0.15, 0.2) is 0 Å². The smallest absolute Gasteiger partial charge is 0.326 e. The Kier molecular flexibility index (Phi) is 5.95. The highest BCUT2D eigenvalue weighted by atomic mass is 79.9. The van der Waals surface area contributed by atoms with Crippen molar-refractivity contribution in [3.8, 4) is 0 Å². The Labute approximate surface area is 110 Å². The molecule has 1 saturated heterocycles. The number of alkyl halides is 1. The zero-order chi connectivity index (χ0) is 12.8. The van der Waals surface area contributed by atoms with Crippen molar-refractivity contribution in [1.29, 1.82) is 0 Å². The Morgan fingerprint density at radius 2 is 2.24 bits per heavy atom. The van der Waals surface area contributed by atoms with Gasteiger partial charge in [0.1, 0.15) is 6.04 Å². The molecule has 0 bridgehead atoms. The largest absolute Gasteiger partial charge is 0.480 e. The standard InChI is InChI=1S/C12H20BrNO3/c1-2-3-4-5-6-10(12(16)17)14-8-9(13)7-11(14)15/h9-10H,2-8H2,1H3,(H,16,17). The first-order valence-electron chi connectivity index (χ1n) is 6.22. The lowest BCUT2D eigenvalue weighted by Crippen LogP contribution is -2.42. The molecule has 0 aliphatic carbocycles. The lowest BCUT2D eigenvalue weighted by molar-refractivity contribution is -0.148. The summed E-state index contributed by atoms with van der Waals surface area (Å²) in [6.45, 7) is 2.64. The van der Waals surface area contributed by atoms with Crippen LogP contribution in [0.25, 0.3) is 0 Å². The summed E-state index contributed by atoms with van der Waals surface area (Å²) in [7, 11) is 0. The molecule has 5 heteroatoms. The van der Waals surface area contributed by atoms with E-state index in [-0.39, 0.29) is 10.7 Å². The predicted octanol–water partition coefficient (Wildman–Crippen LogP) is 2.41. The molecule has 0 saturated carbocycles. The molecule has 1 aliphatic rings. The molecule has 1 N–H and O–H groups in total. The first-order valence-corrected chi connectivity index (χ1v) is 7.14. The number of likely N-dealkylation sites (tertiary alicyclic amines) is 1. The highest BCUT2D eigenvalue weighted by Crippen LogP contribution is 2.23. The van der Waals surface area contributed by atoms with Gasteiger partial charge in [-0.25, -0.2) is 4.79 Å². The van der Waals surface area contributed by atoms with Crippen LogP contribution in [-0.4, -0.2) is 39.3 Å². The van der Waals surface area contributed by atoms with Gasteiger partial charge in [-0.15, -0.1) is 0 Å². The van der Waals surface area contributed by atoms with Crippen molar-refractivity contribution in [1.82, 2.24) is 4.90 Å². The van der Waals surface area contributed by atoms with E-state index in [0.29, 0.717) is 19.4 Å². The predicted molar refractivity (Wildman–Crippen MR) is 69.2 cm³/mol. The van der Waals surface area contributed by atoms with Gasteiger partial charge in [-0.1, -0.05) is 48.5 Å². The van der Waals surface area contributed by atoms with Crippen molar-refractivity contribution in [2.24, 2.45) is 0 Å². The van der Waals surface area contributed by atoms with Crippen molar-refractivity contribution in [2.45, 2.75) is 56.3 Å². The van der Waals surface area contributed by atoms with Crippen LogP contribution < -0.4 is 0 Å². The molecular formula is C12H20BrNO3. The number of nitrogens with zero attached hydrogens (tertiary/aromatic N) is 1. The molecule has 98 valence electrons. The molecule has 17 heavy (non-hydrogen) atoms. The SMILES string of the molecule is CCCCCCC(C(=O)O)N1CC(Br)CC1=O. The third-order valence-corrected chi connectivity index (χ3v) is 3.72. The second kappa shape index (κ2) is 6.99. The van der Waals surface area contributed by atoms with Crippen LogP contribution >= 0.6 is 15.9 Å². The number of unbranched alkanes of at least 4 members (excludes halogenated alkanes) is 3. The molecule has 1 heterocycles. The quantitative estimate of drug-likeness (QED) is 0.580. The van der Waals surface area contributed by atoms with Gasteiger partial charge in [0.2, 0.25) is 5.91 Å². The zero-order valence-corrected chi connectivity index (χ0v) is 11.8. The minimum atomic E-state index is -0.878. The van der Waals surface area contributed by atoms with Crippen LogP contribution in [0.3, 0.4) is 0 Å². The van der Waals surface area contributed by atoms with Crippen molar-refractivity contribution >= 4 is 27.8 Å². The van der Waals surface area contributed by atoms with E-state index in [4.69, 9.17) is 0 Å². The van der Waals surface area contributed by atoms with Crippen LogP contribution in [0.2, 0.25) is 0 Å². The van der Waals surface area contributed by atoms with Gasteiger partial charge in [-0.2, -0.15) is 0 Å². The molecule has 0 spiro atoms. The minimum Gasteiger partial charge on any atom is -0.480 e. The van der Waals surface area contributed by atoms with Crippen molar-refractivity contribution < 1.29 is 14.7 Å². The number of halogens is 1. The molecule has 2 atom stereocenters.